The lowest BCUT2D eigenvalue weighted by Crippen LogP contribution is -1.99. The van der Waals surface area contributed by atoms with Crippen LogP contribution in [0, 0.1) is 33.5 Å². The molecule has 0 saturated heterocycles. The quantitative estimate of drug-likeness (QED) is 0.732. The van der Waals surface area contributed by atoms with Crippen molar-refractivity contribution in [2.75, 3.05) is 5.73 Å². The van der Waals surface area contributed by atoms with Gasteiger partial charge < -0.3 is 5.73 Å². The molecule has 1 nitrogen and oxygen atoms in total. The van der Waals surface area contributed by atoms with Gasteiger partial charge in [0.25, 0.3) is 0 Å². The minimum atomic E-state index is -0.368. The van der Waals surface area contributed by atoms with Crippen LogP contribution >= 0.6 is 11.6 Å². The molecule has 3 heteroatoms. The predicted molar refractivity (Wildman–Crippen MR) is 80.2 cm³/mol. The van der Waals surface area contributed by atoms with Crippen LogP contribution in [-0.2, 0) is 0 Å². The highest BCUT2D eigenvalue weighted by Crippen LogP contribution is 2.38. The number of nitrogen functional groups attached to an aromatic ring is 1. The van der Waals surface area contributed by atoms with E-state index in [-0.39, 0.29) is 10.8 Å². The molecule has 0 radical (unpaired) electrons. The predicted octanol–water partition coefficient (Wildman–Crippen LogP) is 4.96. The molecule has 0 spiro atoms. The summed E-state index contributed by atoms with van der Waals surface area (Å²) in [4.78, 5) is 0. The lowest BCUT2D eigenvalue weighted by atomic mass is 9.89. The van der Waals surface area contributed by atoms with Crippen molar-refractivity contribution in [2.24, 2.45) is 0 Å². The Balaban J connectivity index is 2.87. The number of hydrogen-bond acceptors (Lipinski definition) is 1. The molecule has 0 atom stereocenters. The van der Waals surface area contributed by atoms with Gasteiger partial charge in [-0.1, -0.05) is 17.7 Å². The number of aryl methyl sites for hydroxylation is 2. The highest BCUT2D eigenvalue weighted by molar-refractivity contribution is 6.33. The Kier molecular flexibility index (Phi) is 3.55. The van der Waals surface area contributed by atoms with Crippen LogP contribution in [0.5, 0.6) is 0 Å². The normalized spacial score (nSPS) is 10.8. The van der Waals surface area contributed by atoms with Crippen LogP contribution in [0.1, 0.15) is 22.3 Å². The van der Waals surface area contributed by atoms with Gasteiger partial charge in [0.15, 0.2) is 0 Å². The summed E-state index contributed by atoms with van der Waals surface area (Å²) in [6.07, 6.45) is 0. The Morgan fingerprint density at radius 1 is 0.947 bits per heavy atom. The molecular weight excluding hydrogens is 261 g/mol. The van der Waals surface area contributed by atoms with Crippen LogP contribution in [0.4, 0.5) is 10.1 Å². The Bertz CT molecular complexity index is 636. The number of halogens is 2. The SMILES string of the molecule is Cc1cc(C)c(C)c(-c2cc(F)cc(Cl)c2N)c1C. The van der Waals surface area contributed by atoms with Crippen molar-refractivity contribution >= 4 is 17.3 Å². The summed E-state index contributed by atoms with van der Waals surface area (Å²) in [6.45, 7) is 8.13. The molecule has 0 aliphatic carbocycles. The van der Waals surface area contributed by atoms with Crippen molar-refractivity contribution < 1.29 is 4.39 Å². The Labute approximate surface area is 118 Å². The van der Waals surface area contributed by atoms with E-state index in [0.717, 1.165) is 27.8 Å². The summed E-state index contributed by atoms with van der Waals surface area (Å²) in [7, 11) is 0. The highest BCUT2D eigenvalue weighted by atomic mass is 35.5. The minimum Gasteiger partial charge on any atom is -0.397 e. The van der Waals surface area contributed by atoms with Crippen molar-refractivity contribution in [3.05, 3.63) is 51.3 Å². The van der Waals surface area contributed by atoms with E-state index < -0.39 is 0 Å². The van der Waals surface area contributed by atoms with E-state index in [1.54, 1.807) is 0 Å². The lowest BCUT2D eigenvalue weighted by Gasteiger charge is -2.17. The fraction of sp³-hybridized carbons (Fsp3) is 0.250. The molecule has 0 unspecified atom stereocenters. The van der Waals surface area contributed by atoms with E-state index in [9.17, 15) is 4.39 Å². The summed E-state index contributed by atoms with van der Waals surface area (Å²) < 4.78 is 13.6. The first-order chi connectivity index (χ1) is 8.82. The Morgan fingerprint density at radius 2 is 1.47 bits per heavy atom. The molecule has 0 amide bonds. The monoisotopic (exact) mass is 277 g/mol. The molecule has 2 aromatic carbocycles. The number of hydrogen-bond donors (Lipinski definition) is 1. The third-order valence-electron chi connectivity index (χ3n) is 3.73. The molecule has 0 saturated carbocycles. The molecule has 0 heterocycles. The van der Waals surface area contributed by atoms with Crippen molar-refractivity contribution in [1.29, 1.82) is 0 Å². The van der Waals surface area contributed by atoms with Crippen molar-refractivity contribution in [3.63, 3.8) is 0 Å². The molecule has 2 rings (SSSR count). The fourth-order valence-corrected chi connectivity index (χ4v) is 2.62. The first kappa shape index (κ1) is 13.9. The average molecular weight is 278 g/mol. The van der Waals surface area contributed by atoms with E-state index in [4.69, 9.17) is 17.3 Å². The maximum Gasteiger partial charge on any atom is 0.125 e. The second-order valence-corrected chi connectivity index (χ2v) is 5.39. The first-order valence-electron chi connectivity index (χ1n) is 6.15. The highest BCUT2D eigenvalue weighted by Gasteiger charge is 2.15. The van der Waals surface area contributed by atoms with E-state index in [2.05, 4.69) is 6.07 Å². The zero-order chi connectivity index (χ0) is 14.3. The average Bonchev–Trinajstić information content (AvgIpc) is 2.33. The number of benzene rings is 2. The van der Waals surface area contributed by atoms with Gasteiger partial charge in [-0.3, -0.25) is 0 Å². The summed E-state index contributed by atoms with van der Waals surface area (Å²) in [5.74, 6) is -0.368. The summed E-state index contributed by atoms with van der Waals surface area (Å²) in [5, 5.41) is 0.257. The molecule has 2 N–H and O–H groups in total. The largest absolute Gasteiger partial charge is 0.397 e. The van der Waals surface area contributed by atoms with Gasteiger partial charge in [-0.25, -0.2) is 4.39 Å². The van der Waals surface area contributed by atoms with Crippen molar-refractivity contribution in [2.45, 2.75) is 27.7 Å². The molecular formula is C16H17ClFN. The van der Waals surface area contributed by atoms with Crippen LogP contribution in [0.15, 0.2) is 18.2 Å². The van der Waals surface area contributed by atoms with Crippen LogP contribution in [0.3, 0.4) is 0 Å². The molecule has 0 aliphatic rings. The van der Waals surface area contributed by atoms with E-state index in [0.29, 0.717) is 11.3 Å². The van der Waals surface area contributed by atoms with Crippen LogP contribution in [0.25, 0.3) is 11.1 Å². The molecule has 0 bridgehead atoms. The molecule has 2 aromatic rings. The van der Waals surface area contributed by atoms with E-state index in [1.165, 1.54) is 12.1 Å². The van der Waals surface area contributed by atoms with Crippen molar-refractivity contribution in [1.82, 2.24) is 0 Å². The third-order valence-corrected chi connectivity index (χ3v) is 4.04. The summed E-state index contributed by atoms with van der Waals surface area (Å²) >= 11 is 5.99. The van der Waals surface area contributed by atoms with E-state index in [1.807, 2.05) is 27.7 Å². The Hall–Kier alpha value is -1.54. The summed E-state index contributed by atoms with van der Waals surface area (Å²) in [5.41, 5.74) is 12.7. The smallest absolute Gasteiger partial charge is 0.125 e. The van der Waals surface area contributed by atoms with Gasteiger partial charge in [0.1, 0.15) is 5.82 Å². The number of anilines is 1. The van der Waals surface area contributed by atoms with Gasteiger partial charge in [-0.2, -0.15) is 0 Å². The van der Waals surface area contributed by atoms with Gasteiger partial charge in [0, 0.05) is 5.56 Å². The van der Waals surface area contributed by atoms with Gasteiger partial charge in [-0.15, -0.1) is 0 Å². The molecule has 19 heavy (non-hydrogen) atoms. The van der Waals surface area contributed by atoms with Gasteiger partial charge in [0.05, 0.1) is 10.7 Å². The second kappa shape index (κ2) is 4.86. The van der Waals surface area contributed by atoms with Crippen molar-refractivity contribution in [3.8, 4) is 11.1 Å². The molecule has 100 valence electrons. The third kappa shape index (κ3) is 2.33. The Morgan fingerprint density at radius 3 is 2.00 bits per heavy atom. The maximum absolute atomic E-state index is 13.6. The lowest BCUT2D eigenvalue weighted by molar-refractivity contribution is 0.628. The maximum atomic E-state index is 13.6. The second-order valence-electron chi connectivity index (χ2n) is 4.98. The topological polar surface area (TPSA) is 26.0 Å². The standard InChI is InChI=1S/C16H17ClFN/c1-8-5-9(2)11(4)15(10(8)3)13-6-12(18)7-14(17)16(13)19/h5-7H,19H2,1-4H3. The van der Waals surface area contributed by atoms with Gasteiger partial charge in [-0.05, 0) is 67.6 Å². The number of nitrogens with two attached hydrogens (primary N) is 1. The number of rotatable bonds is 1. The zero-order valence-electron chi connectivity index (χ0n) is 11.6. The van der Waals surface area contributed by atoms with Crippen LogP contribution < -0.4 is 5.73 Å². The van der Waals surface area contributed by atoms with Gasteiger partial charge >= 0.3 is 0 Å². The first-order valence-corrected chi connectivity index (χ1v) is 6.53. The van der Waals surface area contributed by atoms with Crippen LogP contribution in [0.2, 0.25) is 5.02 Å². The molecule has 0 aromatic heterocycles. The van der Waals surface area contributed by atoms with E-state index >= 15 is 0 Å². The summed E-state index contributed by atoms with van der Waals surface area (Å²) in [6, 6.07) is 4.83. The fourth-order valence-electron chi connectivity index (χ4n) is 2.41. The molecule has 0 fully saturated rings. The van der Waals surface area contributed by atoms with Gasteiger partial charge in [0.2, 0.25) is 0 Å². The van der Waals surface area contributed by atoms with Crippen LogP contribution in [-0.4, -0.2) is 0 Å². The molecule has 0 aliphatic heterocycles. The zero-order valence-corrected chi connectivity index (χ0v) is 12.3. The minimum absolute atomic E-state index is 0.257.